The molecule has 6 heteroatoms. The summed E-state index contributed by atoms with van der Waals surface area (Å²) in [5.74, 6) is -0.402. The van der Waals surface area contributed by atoms with Gasteiger partial charge in [0, 0.05) is 12.6 Å². The maximum atomic E-state index is 10.5. The molecular formula is C15H15N3O3. The van der Waals surface area contributed by atoms with E-state index in [2.05, 4.69) is 0 Å². The van der Waals surface area contributed by atoms with Crippen molar-refractivity contribution in [1.29, 1.82) is 10.5 Å². The molecule has 0 fully saturated rings. The highest BCUT2D eigenvalue weighted by Gasteiger charge is 2.03. The zero-order valence-electron chi connectivity index (χ0n) is 11.4. The van der Waals surface area contributed by atoms with Crippen molar-refractivity contribution in [2.45, 2.75) is 0 Å². The lowest BCUT2D eigenvalue weighted by Gasteiger charge is -2.15. The van der Waals surface area contributed by atoms with Crippen molar-refractivity contribution in [1.82, 2.24) is 4.90 Å². The SMILES string of the molecule is N#CCN(CC#N)CCOc1cccc(C=CC(=O)O)c1. The fourth-order valence-electron chi connectivity index (χ4n) is 1.58. The van der Waals surface area contributed by atoms with Gasteiger partial charge in [-0.15, -0.1) is 0 Å². The number of ether oxygens (including phenoxy) is 1. The summed E-state index contributed by atoms with van der Waals surface area (Å²) in [7, 11) is 0. The smallest absolute Gasteiger partial charge is 0.328 e. The standard InChI is InChI=1S/C15H15N3O3/c16-6-8-18(9-7-17)10-11-21-14-3-1-2-13(12-14)4-5-15(19)20/h1-5,12H,8-11H2,(H,19,20). The average molecular weight is 285 g/mol. The summed E-state index contributed by atoms with van der Waals surface area (Å²) in [6.45, 7) is 1.17. The van der Waals surface area contributed by atoms with E-state index in [-0.39, 0.29) is 13.1 Å². The molecule has 0 atom stereocenters. The summed E-state index contributed by atoms with van der Waals surface area (Å²) in [5, 5.41) is 25.8. The van der Waals surface area contributed by atoms with E-state index in [1.54, 1.807) is 29.2 Å². The molecule has 6 nitrogen and oxygen atoms in total. The van der Waals surface area contributed by atoms with Gasteiger partial charge in [-0.1, -0.05) is 12.1 Å². The summed E-state index contributed by atoms with van der Waals surface area (Å²) < 4.78 is 5.53. The molecule has 1 rings (SSSR count). The van der Waals surface area contributed by atoms with Crippen LogP contribution in [0.3, 0.4) is 0 Å². The molecule has 0 bridgehead atoms. The molecule has 0 amide bonds. The Labute approximate surface area is 123 Å². The van der Waals surface area contributed by atoms with E-state index in [9.17, 15) is 4.79 Å². The van der Waals surface area contributed by atoms with Crippen molar-refractivity contribution >= 4 is 12.0 Å². The minimum atomic E-state index is -1.01. The molecule has 1 aromatic rings. The van der Waals surface area contributed by atoms with E-state index in [1.807, 2.05) is 12.1 Å². The van der Waals surface area contributed by atoms with Crippen LogP contribution in [-0.2, 0) is 4.79 Å². The Balaban J connectivity index is 2.52. The van der Waals surface area contributed by atoms with Crippen molar-refractivity contribution in [3.8, 4) is 17.9 Å². The molecule has 0 radical (unpaired) electrons. The first-order valence-electron chi connectivity index (χ1n) is 6.26. The maximum absolute atomic E-state index is 10.5. The molecule has 0 unspecified atom stereocenters. The molecule has 0 aliphatic heterocycles. The van der Waals surface area contributed by atoms with Gasteiger partial charge < -0.3 is 9.84 Å². The molecule has 0 aliphatic rings. The normalized spacial score (nSPS) is 10.2. The minimum absolute atomic E-state index is 0.179. The fourth-order valence-corrected chi connectivity index (χ4v) is 1.58. The number of carboxylic acids is 1. The number of aliphatic carboxylic acids is 1. The van der Waals surface area contributed by atoms with Crippen molar-refractivity contribution in [3.05, 3.63) is 35.9 Å². The number of carboxylic acid groups (broad SMARTS) is 1. The summed E-state index contributed by atoms with van der Waals surface area (Å²) in [6.07, 6.45) is 2.54. The summed E-state index contributed by atoms with van der Waals surface area (Å²) in [4.78, 5) is 12.1. The molecule has 1 aromatic carbocycles. The van der Waals surface area contributed by atoms with Crippen LogP contribution in [0, 0.1) is 22.7 Å². The number of nitriles is 2. The second-order valence-corrected chi connectivity index (χ2v) is 4.12. The lowest BCUT2D eigenvalue weighted by atomic mass is 10.2. The van der Waals surface area contributed by atoms with E-state index < -0.39 is 5.97 Å². The zero-order valence-corrected chi connectivity index (χ0v) is 11.4. The summed E-state index contributed by atoms with van der Waals surface area (Å²) in [6, 6.07) is 11.0. The van der Waals surface area contributed by atoms with Crippen LogP contribution in [0.15, 0.2) is 30.3 Å². The number of benzene rings is 1. The van der Waals surface area contributed by atoms with E-state index in [4.69, 9.17) is 20.4 Å². The van der Waals surface area contributed by atoms with Crippen molar-refractivity contribution in [2.24, 2.45) is 0 Å². The molecule has 0 spiro atoms. The molecule has 0 saturated heterocycles. The molecular weight excluding hydrogens is 270 g/mol. The van der Waals surface area contributed by atoms with Gasteiger partial charge in [0.1, 0.15) is 12.4 Å². The van der Waals surface area contributed by atoms with Crippen LogP contribution >= 0.6 is 0 Å². The summed E-state index contributed by atoms with van der Waals surface area (Å²) in [5.41, 5.74) is 0.723. The first kappa shape index (κ1) is 16.2. The fraction of sp³-hybridized carbons (Fsp3) is 0.267. The van der Waals surface area contributed by atoms with E-state index in [1.165, 1.54) is 6.08 Å². The molecule has 108 valence electrons. The van der Waals surface area contributed by atoms with Gasteiger partial charge in [-0.3, -0.25) is 4.90 Å². The number of hydrogen-bond acceptors (Lipinski definition) is 5. The Morgan fingerprint density at radius 3 is 2.67 bits per heavy atom. The second-order valence-electron chi connectivity index (χ2n) is 4.12. The quantitative estimate of drug-likeness (QED) is 0.574. The number of hydrogen-bond donors (Lipinski definition) is 1. The number of carbonyl (C=O) groups is 1. The van der Waals surface area contributed by atoms with Gasteiger partial charge >= 0.3 is 5.97 Å². The van der Waals surface area contributed by atoms with E-state index in [0.717, 1.165) is 11.6 Å². The van der Waals surface area contributed by atoms with E-state index >= 15 is 0 Å². The van der Waals surface area contributed by atoms with Crippen LogP contribution in [0.4, 0.5) is 0 Å². The van der Waals surface area contributed by atoms with Crippen LogP contribution in [0.2, 0.25) is 0 Å². The highest BCUT2D eigenvalue weighted by molar-refractivity contribution is 5.85. The first-order valence-corrected chi connectivity index (χ1v) is 6.26. The molecule has 0 aliphatic carbocycles. The highest BCUT2D eigenvalue weighted by Crippen LogP contribution is 2.14. The van der Waals surface area contributed by atoms with Gasteiger partial charge in [0.05, 0.1) is 25.2 Å². The Bertz CT molecular complexity index is 569. The van der Waals surface area contributed by atoms with Gasteiger partial charge in [-0.2, -0.15) is 10.5 Å². The monoisotopic (exact) mass is 285 g/mol. The Hall–Kier alpha value is -2.83. The third-order valence-electron chi connectivity index (χ3n) is 2.54. The largest absolute Gasteiger partial charge is 0.492 e. The van der Waals surface area contributed by atoms with Gasteiger partial charge in [0.2, 0.25) is 0 Å². The molecule has 1 N–H and O–H groups in total. The minimum Gasteiger partial charge on any atom is -0.492 e. The zero-order chi connectivity index (χ0) is 15.5. The Kier molecular flexibility index (Phi) is 7.06. The second kappa shape index (κ2) is 9.13. The molecule has 0 aromatic heterocycles. The molecule has 0 heterocycles. The van der Waals surface area contributed by atoms with Crippen molar-refractivity contribution in [3.63, 3.8) is 0 Å². The Morgan fingerprint density at radius 1 is 1.33 bits per heavy atom. The van der Waals surface area contributed by atoms with Crippen LogP contribution < -0.4 is 4.74 Å². The maximum Gasteiger partial charge on any atom is 0.328 e. The van der Waals surface area contributed by atoms with Gasteiger partial charge in [-0.25, -0.2) is 4.79 Å². The molecule has 21 heavy (non-hydrogen) atoms. The van der Waals surface area contributed by atoms with Crippen LogP contribution in [0.5, 0.6) is 5.75 Å². The lowest BCUT2D eigenvalue weighted by molar-refractivity contribution is -0.131. The van der Waals surface area contributed by atoms with Crippen LogP contribution in [0.25, 0.3) is 6.08 Å². The highest BCUT2D eigenvalue weighted by atomic mass is 16.5. The molecule has 0 saturated carbocycles. The third-order valence-corrected chi connectivity index (χ3v) is 2.54. The predicted octanol–water partition coefficient (Wildman–Crippen LogP) is 1.51. The summed E-state index contributed by atoms with van der Waals surface area (Å²) >= 11 is 0. The van der Waals surface area contributed by atoms with Gasteiger partial charge in [0.25, 0.3) is 0 Å². The van der Waals surface area contributed by atoms with Gasteiger partial charge in [0.15, 0.2) is 0 Å². The van der Waals surface area contributed by atoms with Gasteiger partial charge in [-0.05, 0) is 23.8 Å². The predicted molar refractivity (Wildman–Crippen MR) is 76.3 cm³/mol. The first-order chi connectivity index (χ1) is 10.2. The third kappa shape index (κ3) is 6.76. The van der Waals surface area contributed by atoms with E-state index in [0.29, 0.717) is 18.9 Å². The number of nitrogens with zero attached hydrogens (tertiary/aromatic N) is 3. The Morgan fingerprint density at radius 2 is 2.05 bits per heavy atom. The van der Waals surface area contributed by atoms with Crippen LogP contribution in [0.1, 0.15) is 5.56 Å². The number of rotatable bonds is 8. The van der Waals surface area contributed by atoms with Crippen molar-refractivity contribution in [2.75, 3.05) is 26.2 Å². The topological polar surface area (TPSA) is 97.4 Å². The van der Waals surface area contributed by atoms with Crippen LogP contribution in [-0.4, -0.2) is 42.2 Å². The van der Waals surface area contributed by atoms with Crippen molar-refractivity contribution < 1.29 is 14.6 Å². The lowest BCUT2D eigenvalue weighted by Crippen LogP contribution is -2.29. The average Bonchev–Trinajstić information content (AvgIpc) is 2.46.